The molecule has 1 N–H and O–H groups in total. The van der Waals surface area contributed by atoms with Crippen LogP contribution in [0.1, 0.15) is 61.3 Å². The summed E-state index contributed by atoms with van der Waals surface area (Å²) in [5.74, 6) is 2.84. The van der Waals surface area contributed by atoms with E-state index < -0.39 is 0 Å². The zero-order valence-corrected chi connectivity index (χ0v) is 21.6. The number of ether oxygens (including phenoxy) is 2. The molecule has 0 amide bonds. The van der Waals surface area contributed by atoms with Crippen molar-refractivity contribution >= 4 is 22.8 Å². The van der Waals surface area contributed by atoms with Gasteiger partial charge in [-0.05, 0) is 47.2 Å². The van der Waals surface area contributed by atoms with E-state index in [1.807, 2.05) is 36.4 Å². The van der Waals surface area contributed by atoms with Gasteiger partial charge in [-0.25, -0.2) is 4.98 Å². The Morgan fingerprint density at radius 2 is 1.76 bits per heavy atom. The number of nitrogens with one attached hydrogen (secondary N) is 1. The van der Waals surface area contributed by atoms with Gasteiger partial charge in [0.05, 0.1) is 31.3 Å². The van der Waals surface area contributed by atoms with Crippen LogP contribution in [0, 0.1) is 0 Å². The average Bonchev–Trinajstić information content (AvgIpc) is 3.29. The third-order valence-electron chi connectivity index (χ3n) is 7.70. The molecule has 0 bridgehead atoms. The zero-order chi connectivity index (χ0) is 25.7. The van der Waals surface area contributed by atoms with E-state index in [1.54, 1.807) is 14.2 Å². The molecule has 6 nitrogen and oxygen atoms in total. The minimum atomic E-state index is -0.230. The van der Waals surface area contributed by atoms with Crippen LogP contribution >= 0.6 is 0 Å². The summed E-state index contributed by atoms with van der Waals surface area (Å²) in [6, 6.07) is 22.4. The summed E-state index contributed by atoms with van der Waals surface area (Å²) in [5.41, 5.74) is 7.09. The Kier molecular flexibility index (Phi) is 5.75. The predicted molar refractivity (Wildman–Crippen MR) is 146 cm³/mol. The molecule has 1 aliphatic heterocycles. The Labute approximate surface area is 216 Å². The first kappa shape index (κ1) is 23.3. The van der Waals surface area contributed by atoms with E-state index in [0.717, 1.165) is 50.9 Å². The fourth-order valence-corrected chi connectivity index (χ4v) is 5.78. The smallest absolute Gasteiger partial charge is 0.209 e. The minimum Gasteiger partial charge on any atom is -0.497 e. The lowest BCUT2D eigenvalue weighted by Crippen LogP contribution is -2.33. The molecule has 2 unspecified atom stereocenters. The first-order valence-corrected chi connectivity index (χ1v) is 12.8. The van der Waals surface area contributed by atoms with Crippen LogP contribution in [0.5, 0.6) is 11.5 Å². The number of benzene rings is 3. The maximum Gasteiger partial charge on any atom is 0.209 e. The molecular formula is C31H31N3O3. The van der Waals surface area contributed by atoms with Gasteiger partial charge in [0.15, 0.2) is 5.78 Å². The Balaban J connectivity index is 1.48. The largest absolute Gasteiger partial charge is 0.497 e. The molecule has 6 heteroatoms. The molecule has 2 aliphatic rings. The average molecular weight is 494 g/mol. The molecule has 6 rings (SSSR count). The molecule has 0 spiro atoms. The lowest BCUT2D eigenvalue weighted by atomic mass is 9.77. The fourth-order valence-electron chi connectivity index (χ4n) is 5.78. The summed E-state index contributed by atoms with van der Waals surface area (Å²) >= 11 is 0. The van der Waals surface area contributed by atoms with Crippen LogP contribution < -0.4 is 14.8 Å². The lowest BCUT2D eigenvalue weighted by Gasteiger charge is -2.36. The van der Waals surface area contributed by atoms with Gasteiger partial charge in [-0.2, -0.15) is 0 Å². The van der Waals surface area contributed by atoms with Crippen molar-refractivity contribution < 1.29 is 14.3 Å². The SMILES string of the molecule is COc1ccc(C2CC(=O)C3=C(C2)Nc2nc4ccccc4n2C3c2ccc(C(C)C)cc2)c(OC)c1. The molecular weight excluding hydrogens is 462 g/mol. The van der Waals surface area contributed by atoms with Crippen molar-refractivity contribution in [2.75, 3.05) is 19.5 Å². The van der Waals surface area contributed by atoms with Crippen LogP contribution in [0.25, 0.3) is 11.0 Å². The van der Waals surface area contributed by atoms with Gasteiger partial charge >= 0.3 is 0 Å². The van der Waals surface area contributed by atoms with Crippen molar-refractivity contribution in [1.82, 2.24) is 9.55 Å². The van der Waals surface area contributed by atoms with Gasteiger partial charge in [0, 0.05) is 29.7 Å². The number of para-hydroxylation sites is 2. The van der Waals surface area contributed by atoms with Crippen LogP contribution in [0.2, 0.25) is 0 Å². The number of aromatic nitrogens is 2. The molecule has 37 heavy (non-hydrogen) atoms. The number of hydrogen-bond donors (Lipinski definition) is 1. The fraction of sp³-hybridized carbons (Fsp3) is 0.290. The zero-order valence-electron chi connectivity index (χ0n) is 21.6. The number of imidazole rings is 1. The Morgan fingerprint density at radius 3 is 2.49 bits per heavy atom. The molecule has 2 atom stereocenters. The highest BCUT2D eigenvalue weighted by molar-refractivity contribution is 6.01. The minimum absolute atomic E-state index is 0.000462. The van der Waals surface area contributed by atoms with Crippen LogP contribution in [-0.2, 0) is 4.79 Å². The number of fused-ring (bicyclic) bond motifs is 3. The van der Waals surface area contributed by atoms with E-state index in [9.17, 15) is 4.79 Å². The molecule has 4 aromatic rings. The maximum absolute atomic E-state index is 14.0. The van der Waals surface area contributed by atoms with Crippen molar-refractivity contribution in [3.63, 3.8) is 0 Å². The highest BCUT2D eigenvalue weighted by Gasteiger charge is 2.40. The van der Waals surface area contributed by atoms with Crippen molar-refractivity contribution in [2.24, 2.45) is 0 Å². The molecule has 3 aromatic carbocycles. The highest BCUT2D eigenvalue weighted by atomic mass is 16.5. The number of nitrogens with zero attached hydrogens (tertiary/aromatic N) is 2. The third kappa shape index (κ3) is 3.88. The number of hydrogen-bond acceptors (Lipinski definition) is 5. The quantitative estimate of drug-likeness (QED) is 0.340. The second kappa shape index (κ2) is 9.11. The van der Waals surface area contributed by atoms with Gasteiger partial charge in [-0.3, -0.25) is 9.36 Å². The van der Waals surface area contributed by atoms with E-state index >= 15 is 0 Å². The summed E-state index contributed by atoms with van der Waals surface area (Å²) < 4.78 is 13.3. The van der Waals surface area contributed by atoms with E-state index in [0.29, 0.717) is 18.8 Å². The van der Waals surface area contributed by atoms with E-state index in [-0.39, 0.29) is 17.7 Å². The first-order valence-electron chi connectivity index (χ1n) is 12.8. The van der Waals surface area contributed by atoms with E-state index in [1.165, 1.54) is 5.56 Å². The van der Waals surface area contributed by atoms with Crippen molar-refractivity contribution in [3.8, 4) is 11.5 Å². The lowest BCUT2D eigenvalue weighted by molar-refractivity contribution is -0.116. The molecule has 0 saturated heterocycles. The number of methoxy groups -OCH3 is 2. The van der Waals surface area contributed by atoms with E-state index in [4.69, 9.17) is 14.5 Å². The molecule has 0 radical (unpaired) electrons. The molecule has 1 aliphatic carbocycles. The second-order valence-electron chi connectivity index (χ2n) is 10.2. The predicted octanol–water partition coefficient (Wildman–Crippen LogP) is 6.59. The monoisotopic (exact) mass is 493 g/mol. The summed E-state index contributed by atoms with van der Waals surface area (Å²) in [4.78, 5) is 18.9. The van der Waals surface area contributed by atoms with Crippen molar-refractivity contribution in [1.29, 1.82) is 0 Å². The number of carbonyl (C=O) groups is 1. The Morgan fingerprint density at radius 1 is 0.973 bits per heavy atom. The topological polar surface area (TPSA) is 65.4 Å². The van der Waals surface area contributed by atoms with Crippen LogP contribution in [0.15, 0.2) is 78.0 Å². The molecule has 1 aromatic heterocycles. The molecule has 2 heterocycles. The molecule has 188 valence electrons. The summed E-state index contributed by atoms with van der Waals surface area (Å²) in [7, 11) is 3.30. The van der Waals surface area contributed by atoms with E-state index in [2.05, 4.69) is 54.1 Å². The third-order valence-corrected chi connectivity index (χ3v) is 7.70. The summed E-state index contributed by atoms with van der Waals surface area (Å²) in [6.45, 7) is 4.39. The van der Waals surface area contributed by atoms with Gasteiger partial charge in [-0.1, -0.05) is 56.3 Å². The highest BCUT2D eigenvalue weighted by Crippen LogP contribution is 2.47. The van der Waals surface area contributed by atoms with Crippen LogP contribution in [0.3, 0.4) is 0 Å². The molecule has 0 fully saturated rings. The normalized spacial score (nSPS) is 19.0. The summed E-state index contributed by atoms with van der Waals surface area (Å²) in [5, 5.41) is 3.55. The number of allylic oxidation sites excluding steroid dienone is 2. The number of Topliss-reactive ketones (excluding diaryl/α,β-unsaturated/α-hetero) is 1. The first-order chi connectivity index (χ1) is 18.0. The van der Waals surface area contributed by atoms with Gasteiger partial charge in [0.2, 0.25) is 5.95 Å². The van der Waals surface area contributed by atoms with Crippen molar-refractivity contribution in [3.05, 3.63) is 94.7 Å². The van der Waals surface area contributed by atoms with Crippen molar-refractivity contribution in [2.45, 2.75) is 44.6 Å². The number of ketones is 1. The Hall–Kier alpha value is -4.06. The van der Waals surface area contributed by atoms with Crippen LogP contribution in [-0.4, -0.2) is 29.6 Å². The number of rotatable bonds is 5. The van der Waals surface area contributed by atoms with Gasteiger partial charge in [-0.15, -0.1) is 0 Å². The Bertz CT molecular complexity index is 1530. The summed E-state index contributed by atoms with van der Waals surface area (Å²) in [6.07, 6.45) is 1.12. The second-order valence-corrected chi connectivity index (χ2v) is 10.2. The van der Waals surface area contributed by atoms with Crippen LogP contribution in [0.4, 0.5) is 5.95 Å². The maximum atomic E-state index is 14.0. The van der Waals surface area contributed by atoms with Gasteiger partial charge < -0.3 is 14.8 Å². The standard InChI is InChI=1S/C31H31N3O3/c1-18(2)19-9-11-20(12-10-19)30-29-25(33-31-32-24-7-5-6-8-26(24)34(30)31)15-21(16-27(29)35)23-14-13-22(36-3)17-28(23)37-4/h5-14,17-18,21,30H,15-16H2,1-4H3,(H,32,33). The van der Waals surface area contributed by atoms with Gasteiger partial charge in [0.1, 0.15) is 11.5 Å². The molecule has 0 saturated carbocycles. The van der Waals surface area contributed by atoms with Gasteiger partial charge in [0.25, 0.3) is 0 Å². The number of anilines is 1. The number of carbonyl (C=O) groups excluding carboxylic acids is 1.